The van der Waals surface area contributed by atoms with Crippen LogP contribution in [0.2, 0.25) is 0 Å². The van der Waals surface area contributed by atoms with Gasteiger partial charge in [0.1, 0.15) is 0 Å². The molecule has 1 aliphatic rings. The predicted octanol–water partition coefficient (Wildman–Crippen LogP) is 5.77. The zero-order valence-corrected chi connectivity index (χ0v) is 21.2. The van der Waals surface area contributed by atoms with Gasteiger partial charge in [-0.25, -0.2) is 0 Å². The molecule has 1 heterocycles. The molecule has 2 nitrogen and oxygen atoms in total. The van der Waals surface area contributed by atoms with Gasteiger partial charge in [0.25, 0.3) is 0 Å². The van der Waals surface area contributed by atoms with E-state index >= 15 is 0 Å². The Kier molecular flexibility index (Phi) is 6.14. The fourth-order valence-corrected chi connectivity index (χ4v) is 14.0. The van der Waals surface area contributed by atoms with E-state index in [1.54, 1.807) is 6.07 Å². The Bertz CT molecular complexity index is 1200. The number of amides is 1. The van der Waals surface area contributed by atoms with E-state index in [-0.39, 0.29) is 17.4 Å². The van der Waals surface area contributed by atoms with E-state index in [1.807, 2.05) is 65.6 Å². The maximum atomic E-state index is 14.2. The molecule has 0 saturated carbocycles. The van der Waals surface area contributed by atoms with Crippen molar-refractivity contribution in [2.24, 2.45) is 0 Å². The molecule has 1 saturated heterocycles. The molecule has 0 N–H and O–H groups in total. The van der Waals surface area contributed by atoms with Gasteiger partial charge in [0.05, 0.1) is 0 Å². The Labute approximate surface area is 208 Å². The van der Waals surface area contributed by atoms with Gasteiger partial charge in [-0.1, -0.05) is 0 Å². The van der Waals surface area contributed by atoms with Crippen LogP contribution in [-0.2, 0) is 11.3 Å². The molecular formula is C29H26BrFNOP. The van der Waals surface area contributed by atoms with Crippen molar-refractivity contribution < 1.29 is 9.18 Å². The molecule has 1 unspecified atom stereocenters. The number of carbonyl (C=O) groups excluding carboxylic acids is 1. The summed E-state index contributed by atoms with van der Waals surface area (Å²) >= 11 is 4.43. The van der Waals surface area contributed by atoms with Gasteiger partial charge in [-0.15, -0.1) is 0 Å². The summed E-state index contributed by atoms with van der Waals surface area (Å²) in [5, 5.41) is 0.00569. The fraction of sp³-hybridized carbons (Fsp3) is 0.138. The summed E-state index contributed by atoms with van der Waals surface area (Å²) in [4.78, 5) is 16.1. The summed E-state index contributed by atoms with van der Waals surface area (Å²) in [5.74, 6) is -0.172. The second-order valence-electron chi connectivity index (χ2n) is 8.77. The number of hydrogen-bond acceptors (Lipinski definition) is 1. The van der Waals surface area contributed by atoms with Crippen LogP contribution in [0.25, 0.3) is 0 Å². The van der Waals surface area contributed by atoms with Crippen LogP contribution in [-0.4, -0.2) is 23.0 Å². The van der Waals surface area contributed by atoms with Crippen molar-refractivity contribution >= 4 is 42.6 Å². The fourth-order valence-electron chi connectivity index (χ4n) is 5.33. The van der Waals surface area contributed by atoms with E-state index in [2.05, 4.69) is 51.9 Å². The molecule has 0 radical (unpaired) electrons. The number of rotatable bonds is 6. The molecule has 172 valence electrons. The quantitative estimate of drug-likeness (QED) is 0.288. The first-order valence-electron chi connectivity index (χ1n) is 11.5. The van der Waals surface area contributed by atoms with Crippen molar-refractivity contribution in [2.45, 2.75) is 18.6 Å². The van der Waals surface area contributed by atoms with E-state index < -0.39 is 5.31 Å². The Morgan fingerprint density at radius 3 is 1.74 bits per heavy atom. The molecule has 4 aromatic rings. The zero-order chi connectivity index (χ0) is 23.6. The van der Waals surface area contributed by atoms with Crippen LogP contribution in [0.5, 0.6) is 0 Å². The second-order valence-corrected chi connectivity index (χ2v) is 17.5. The summed E-state index contributed by atoms with van der Waals surface area (Å²) in [6.45, 7) is 1.04. The molecule has 1 atom stereocenters. The molecule has 0 spiro atoms. The van der Waals surface area contributed by atoms with Crippen molar-refractivity contribution in [2.75, 3.05) is 6.54 Å². The first-order chi connectivity index (χ1) is 16.5. The first kappa shape index (κ1) is 23.0. The number of benzene rings is 4. The summed E-state index contributed by atoms with van der Waals surface area (Å²) in [7, 11) is 0. The average molecular weight is 534 g/mol. The molecule has 4 aromatic carbocycles. The normalized spacial score (nSPS) is 17.4. The summed E-state index contributed by atoms with van der Waals surface area (Å²) in [6, 6.07) is 37.8. The standard InChI is InChI=1S/C29H26BrFNOP/c30-34(25-13-4-1-5-14-25,26-15-6-2-7-16-26,27-17-8-3-9-18-27)28-19-20-32(29(28)33)22-23-11-10-12-24(31)21-23/h1-18,21,28H,19-20,22H2. The maximum absolute atomic E-state index is 14.2. The molecule has 34 heavy (non-hydrogen) atoms. The van der Waals surface area contributed by atoms with E-state index in [0.717, 1.165) is 27.9 Å². The van der Waals surface area contributed by atoms with Gasteiger partial charge in [-0.2, -0.15) is 0 Å². The Balaban J connectivity index is 1.70. The third-order valence-electron chi connectivity index (χ3n) is 6.90. The zero-order valence-electron chi connectivity index (χ0n) is 18.7. The Morgan fingerprint density at radius 1 is 0.765 bits per heavy atom. The molecule has 0 aromatic heterocycles. The summed E-state index contributed by atoms with van der Waals surface area (Å²) in [6.07, 6.45) is 0.718. The van der Waals surface area contributed by atoms with Crippen LogP contribution in [0.3, 0.4) is 0 Å². The monoisotopic (exact) mass is 533 g/mol. The van der Waals surface area contributed by atoms with Crippen LogP contribution in [0.4, 0.5) is 4.39 Å². The van der Waals surface area contributed by atoms with Gasteiger partial charge in [0.2, 0.25) is 0 Å². The van der Waals surface area contributed by atoms with E-state index in [0.29, 0.717) is 13.1 Å². The molecule has 0 aliphatic carbocycles. The van der Waals surface area contributed by atoms with Gasteiger partial charge in [0.15, 0.2) is 0 Å². The third kappa shape index (κ3) is 3.61. The van der Waals surface area contributed by atoms with Crippen LogP contribution in [0.1, 0.15) is 12.0 Å². The topological polar surface area (TPSA) is 20.3 Å². The molecule has 1 fully saturated rings. The van der Waals surface area contributed by atoms with Crippen molar-refractivity contribution in [1.29, 1.82) is 0 Å². The Morgan fingerprint density at radius 2 is 1.26 bits per heavy atom. The second kappa shape index (κ2) is 9.09. The van der Waals surface area contributed by atoms with Crippen molar-refractivity contribution in [3.63, 3.8) is 0 Å². The number of halogens is 2. The predicted molar refractivity (Wildman–Crippen MR) is 144 cm³/mol. The van der Waals surface area contributed by atoms with Crippen LogP contribution in [0.15, 0.2) is 115 Å². The van der Waals surface area contributed by atoms with Gasteiger partial charge in [0, 0.05) is 0 Å². The van der Waals surface area contributed by atoms with Crippen molar-refractivity contribution in [1.82, 2.24) is 4.90 Å². The van der Waals surface area contributed by atoms with Crippen molar-refractivity contribution in [3.8, 4) is 0 Å². The molecule has 0 bridgehead atoms. The minimum absolute atomic E-state index is 0.107. The third-order valence-corrected chi connectivity index (χ3v) is 17.6. The molecule has 1 amide bonds. The minimum atomic E-state index is -3.40. The number of nitrogens with zero attached hydrogens (tertiary/aromatic N) is 1. The van der Waals surface area contributed by atoms with Crippen LogP contribution >= 0.6 is 20.8 Å². The van der Waals surface area contributed by atoms with E-state index in [9.17, 15) is 9.18 Å². The van der Waals surface area contributed by atoms with Crippen LogP contribution < -0.4 is 15.9 Å². The summed E-state index contributed by atoms with van der Waals surface area (Å²) < 4.78 is 13.8. The Hall–Kier alpha value is -2.81. The number of likely N-dealkylation sites (tertiary alicyclic amines) is 1. The van der Waals surface area contributed by atoms with Gasteiger partial charge < -0.3 is 0 Å². The molecule has 1 aliphatic heterocycles. The average Bonchev–Trinajstić information content (AvgIpc) is 3.26. The van der Waals surface area contributed by atoms with Gasteiger partial charge in [-0.3, -0.25) is 0 Å². The SMILES string of the molecule is O=C1C(P(Br)(c2ccccc2)(c2ccccc2)c2ccccc2)CCN1Cc1cccc(F)c1. The van der Waals surface area contributed by atoms with Gasteiger partial charge in [-0.05, 0) is 0 Å². The van der Waals surface area contributed by atoms with Crippen molar-refractivity contribution in [3.05, 3.63) is 127 Å². The first-order valence-corrected chi connectivity index (χ1v) is 15.8. The van der Waals surface area contributed by atoms with E-state index in [1.165, 1.54) is 12.1 Å². The van der Waals surface area contributed by atoms with Crippen LogP contribution in [0, 0.1) is 5.82 Å². The van der Waals surface area contributed by atoms with E-state index in [4.69, 9.17) is 0 Å². The molecular weight excluding hydrogens is 508 g/mol. The van der Waals surface area contributed by atoms with Gasteiger partial charge >= 0.3 is 209 Å². The molecule has 5 heteroatoms. The number of carbonyl (C=O) groups is 1. The summed E-state index contributed by atoms with van der Waals surface area (Å²) in [5.41, 5.74) is 0.537. The number of hydrogen-bond donors (Lipinski definition) is 0. The molecule has 5 rings (SSSR count).